The monoisotopic (exact) mass is 323 g/mol. The lowest BCUT2D eigenvalue weighted by Crippen LogP contribution is -1.99. The van der Waals surface area contributed by atoms with E-state index in [1.807, 2.05) is 12.1 Å². The molecule has 0 aliphatic rings. The number of pyridine rings is 1. The van der Waals surface area contributed by atoms with Crippen molar-refractivity contribution in [1.29, 1.82) is 0 Å². The quantitative estimate of drug-likeness (QED) is 0.597. The summed E-state index contributed by atoms with van der Waals surface area (Å²) in [6.45, 7) is 0. The van der Waals surface area contributed by atoms with Crippen LogP contribution in [-0.2, 0) is 0 Å². The normalized spacial score (nSPS) is 10.9. The molecule has 0 atom stereocenters. The third kappa shape index (κ3) is 2.45. The van der Waals surface area contributed by atoms with E-state index in [1.165, 1.54) is 18.5 Å². The van der Waals surface area contributed by atoms with Crippen LogP contribution in [0.15, 0.2) is 55.1 Å². The predicted molar refractivity (Wildman–Crippen MR) is 86.8 cm³/mol. The van der Waals surface area contributed by atoms with Gasteiger partial charge in [0, 0.05) is 29.4 Å². The van der Waals surface area contributed by atoms with Crippen LogP contribution in [0.1, 0.15) is 0 Å². The van der Waals surface area contributed by atoms with Gasteiger partial charge in [-0.25, -0.2) is 23.7 Å². The summed E-state index contributed by atoms with van der Waals surface area (Å²) in [6.07, 6.45) is 4.86. The van der Waals surface area contributed by atoms with E-state index < -0.39 is 11.6 Å². The van der Waals surface area contributed by atoms with Gasteiger partial charge >= 0.3 is 0 Å². The molecule has 3 heterocycles. The van der Waals surface area contributed by atoms with Gasteiger partial charge in [-0.15, -0.1) is 0 Å². The van der Waals surface area contributed by atoms with Gasteiger partial charge in [-0.3, -0.25) is 0 Å². The van der Waals surface area contributed by atoms with E-state index >= 15 is 0 Å². The highest BCUT2D eigenvalue weighted by molar-refractivity contribution is 5.92. The Bertz CT molecular complexity index is 1030. The van der Waals surface area contributed by atoms with Crippen LogP contribution >= 0.6 is 0 Å². The van der Waals surface area contributed by atoms with Crippen molar-refractivity contribution in [2.24, 2.45) is 0 Å². The number of nitrogens with one attached hydrogen (secondary N) is 2. The van der Waals surface area contributed by atoms with Gasteiger partial charge in [-0.1, -0.05) is 6.07 Å². The van der Waals surface area contributed by atoms with E-state index in [-0.39, 0.29) is 5.69 Å². The third-order valence-corrected chi connectivity index (χ3v) is 3.61. The Hall–Kier alpha value is -3.35. The molecule has 3 aromatic heterocycles. The Morgan fingerprint density at radius 3 is 2.83 bits per heavy atom. The molecule has 7 heteroatoms. The molecule has 24 heavy (non-hydrogen) atoms. The van der Waals surface area contributed by atoms with Crippen molar-refractivity contribution < 1.29 is 8.78 Å². The Labute approximate surface area is 135 Å². The number of nitrogens with zero attached hydrogens (tertiary/aromatic N) is 3. The molecule has 0 fully saturated rings. The molecule has 0 aliphatic carbocycles. The average molecular weight is 323 g/mol. The van der Waals surface area contributed by atoms with Gasteiger partial charge < -0.3 is 10.3 Å². The molecular weight excluding hydrogens is 312 g/mol. The lowest BCUT2D eigenvalue weighted by Gasteiger charge is -2.08. The van der Waals surface area contributed by atoms with Gasteiger partial charge in [0.25, 0.3) is 0 Å². The molecule has 0 unspecified atom stereocenters. The lowest BCUT2D eigenvalue weighted by molar-refractivity contribution is 0.511. The highest BCUT2D eigenvalue weighted by atomic mass is 19.2. The second-order valence-corrected chi connectivity index (χ2v) is 5.12. The van der Waals surface area contributed by atoms with Crippen LogP contribution in [0.5, 0.6) is 0 Å². The van der Waals surface area contributed by atoms with Crippen LogP contribution in [-0.4, -0.2) is 19.9 Å². The van der Waals surface area contributed by atoms with E-state index in [2.05, 4.69) is 25.3 Å². The molecule has 4 aromatic rings. The van der Waals surface area contributed by atoms with E-state index in [0.29, 0.717) is 11.5 Å². The maximum Gasteiger partial charge on any atom is 0.182 e. The summed E-state index contributed by atoms with van der Waals surface area (Å²) < 4.78 is 27.1. The average Bonchev–Trinajstić information content (AvgIpc) is 3.03. The number of halogens is 2. The van der Waals surface area contributed by atoms with Gasteiger partial charge in [0.05, 0.1) is 11.4 Å². The SMILES string of the molecule is Fc1cccc(Nc2cc(-c3c[nH]c4ncccc34)ncn2)c1F. The number of aromatic nitrogens is 4. The fourth-order valence-corrected chi connectivity index (χ4v) is 2.48. The summed E-state index contributed by atoms with van der Waals surface area (Å²) in [5.74, 6) is -1.51. The van der Waals surface area contributed by atoms with Crippen molar-refractivity contribution in [1.82, 2.24) is 19.9 Å². The summed E-state index contributed by atoms with van der Waals surface area (Å²) in [7, 11) is 0. The molecule has 0 saturated heterocycles. The highest BCUT2D eigenvalue weighted by Crippen LogP contribution is 2.28. The summed E-state index contributed by atoms with van der Waals surface area (Å²) >= 11 is 0. The third-order valence-electron chi connectivity index (χ3n) is 3.61. The van der Waals surface area contributed by atoms with Crippen molar-refractivity contribution in [3.8, 4) is 11.3 Å². The zero-order chi connectivity index (χ0) is 16.5. The molecule has 2 N–H and O–H groups in total. The fourth-order valence-electron chi connectivity index (χ4n) is 2.48. The summed E-state index contributed by atoms with van der Waals surface area (Å²) in [5, 5.41) is 3.69. The van der Waals surface area contributed by atoms with Crippen molar-refractivity contribution in [2.75, 3.05) is 5.32 Å². The summed E-state index contributed by atoms with van der Waals surface area (Å²) in [4.78, 5) is 15.6. The minimum atomic E-state index is -0.950. The van der Waals surface area contributed by atoms with Gasteiger partial charge in [0.2, 0.25) is 0 Å². The molecule has 0 spiro atoms. The molecule has 4 rings (SSSR count). The minimum Gasteiger partial charge on any atom is -0.345 e. The molecule has 0 amide bonds. The van der Waals surface area contributed by atoms with Gasteiger partial charge in [-0.05, 0) is 24.3 Å². The Balaban J connectivity index is 1.73. The van der Waals surface area contributed by atoms with Crippen molar-refractivity contribution in [3.63, 3.8) is 0 Å². The van der Waals surface area contributed by atoms with E-state index in [4.69, 9.17) is 0 Å². The van der Waals surface area contributed by atoms with Crippen LogP contribution in [0.2, 0.25) is 0 Å². The number of rotatable bonds is 3. The molecule has 0 saturated carbocycles. The van der Waals surface area contributed by atoms with E-state index in [1.54, 1.807) is 18.5 Å². The minimum absolute atomic E-state index is 0.0141. The first-order valence-electron chi connectivity index (χ1n) is 7.18. The first-order chi connectivity index (χ1) is 11.7. The zero-order valence-corrected chi connectivity index (χ0v) is 12.3. The Morgan fingerprint density at radius 1 is 1.00 bits per heavy atom. The van der Waals surface area contributed by atoms with Crippen LogP contribution in [0.3, 0.4) is 0 Å². The number of anilines is 2. The molecule has 0 radical (unpaired) electrons. The second kappa shape index (κ2) is 5.69. The number of hydrogen-bond donors (Lipinski definition) is 2. The molecular formula is C17H11F2N5. The van der Waals surface area contributed by atoms with Gasteiger partial charge in [0.15, 0.2) is 11.6 Å². The maximum atomic E-state index is 13.8. The lowest BCUT2D eigenvalue weighted by atomic mass is 10.1. The number of aromatic amines is 1. The predicted octanol–water partition coefficient (Wildman–Crippen LogP) is 4.04. The van der Waals surface area contributed by atoms with Gasteiger partial charge in [-0.2, -0.15) is 0 Å². The van der Waals surface area contributed by atoms with Gasteiger partial charge in [0.1, 0.15) is 17.8 Å². The van der Waals surface area contributed by atoms with E-state index in [0.717, 1.165) is 22.7 Å². The highest BCUT2D eigenvalue weighted by Gasteiger charge is 2.11. The number of H-pyrrole nitrogens is 1. The molecule has 0 aliphatic heterocycles. The Morgan fingerprint density at radius 2 is 1.92 bits per heavy atom. The molecule has 0 bridgehead atoms. The van der Waals surface area contributed by atoms with Crippen LogP contribution in [0.25, 0.3) is 22.3 Å². The summed E-state index contributed by atoms with van der Waals surface area (Å²) in [6, 6.07) is 9.35. The van der Waals surface area contributed by atoms with Crippen molar-refractivity contribution in [2.45, 2.75) is 0 Å². The van der Waals surface area contributed by atoms with Crippen molar-refractivity contribution >= 4 is 22.5 Å². The molecule has 1 aromatic carbocycles. The topological polar surface area (TPSA) is 66.5 Å². The molecule has 118 valence electrons. The zero-order valence-electron chi connectivity index (χ0n) is 12.3. The van der Waals surface area contributed by atoms with Crippen LogP contribution < -0.4 is 5.32 Å². The maximum absolute atomic E-state index is 13.8. The van der Waals surface area contributed by atoms with E-state index in [9.17, 15) is 8.78 Å². The Kier molecular flexibility index (Phi) is 3.38. The van der Waals surface area contributed by atoms with Crippen LogP contribution in [0.4, 0.5) is 20.3 Å². The fraction of sp³-hybridized carbons (Fsp3) is 0. The standard InChI is InChI=1S/C17H11F2N5/c18-12-4-1-5-13(16(12)19)24-15-7-14(22-9-23-15)11-8-21-17-10(11)3-2-6-20-17/h1-9H,(H,20,21)(H,22,23,24). The number of hydrogen-bond acceptors (Lipinski definition) is 4. The largest absolute Gasteiger partial charge is 0.345 e. The molecule has 5 nitrogen and oxygen atoms in total. The number of fused-ring (bicyclic) bond motifs is 1. The van der Waals surface area contributed by atoms with Crippen molar-refractivity contribution in [3.05, 3.63) is 66.8 Å². The first kappa shape index (κ1) is 14.3. The van der Waals surface area contributed by atoms with Crippen LogP contribution in [0, 0.1) is 11.6 Å². The second-order valence-electron chi connectivity index (χ2n) is 5.12. The smallest absolute Gasteiger partial charge is 0.182 e. The summed E-state index contributed by atoms with van der Waals surface area (Å²) in [5.41, 5.74) is 2.25. The number of benzene rings is 1. The first-order valence-corrected chi connectivity index (χ1v) is 7.18.